The van der Waals surface area contributed by atoms with E-state index in [1.165, 1.54) is 0 Å². The first kappa shape index (κ1) is 10.6. The SMILES string of the molecule is CCCN(N)C1=CC(=O)CC(=O)C1=O. The summed E-state index contributed by atoms with van der Waals surface area (Å²) in [7, 11) is 0. The fourth-order valence-corrected chi connectivity index (χ4v) is 1.23. The van der Waals surface area contributed by atoms with E-state index in [1.54, 1.807) is 0 Å². The molecule has 5 nitrogen and oxygen atoms in total. The maximum absolute atomic E-state index is 11.3. The molecule has 0 radical (unpaired) electrons. The van der Waals surface area contributed by atoms with Gasteiger partial charge in [0.25, 0.3) is 0 Å². The van der Waals surface area contributed by atoms with Crippen LogP contribution in [0.15, 0.2) is 11.8 Å². The maximum Gasteiger partial charge on any atom is 0.246 e. The largest absolute Gasteiger partial charge is 0.307 e. The molecule has 1 rings (SSSR count). The number of carbonyl (C=O) groups excluding carboxylic acids is 3. The van der Waals surface area contributed by atoms with Gasteiger partial charge in [0.1, 0.15) is 5.70 Å². The predicted molar refractivity (Wildman–Crippen MR) is 48.9 cm³/mol. The number of hydrogen-bond donors (Lipinski definition) is 1. The summed E-state index contributed by atoms with van der Waals surface area (Å²) < 4.78 is 0. The molecule has 0 atom stereocenters. The van der Waals surface area contributed by atoms with Crippen molar-refractivity contribution in [2.45, 2.75) is 19.8 Å². The average molecular weight is 196 g/mol. The second kappa shape index (κ2) is 4.15. The monoisotopic (exact) mass is 196 g/mol. The van der Waals surface area contributed by atoms with Crippen LogP contribution in [0.4, 0.5) is 0 Å². The highest BCUT2D eigenvalue weighted by Gasteiger charge is 2.29. The molecule has 2 N–H and O–H groups in total. The van der Waals surface area contributed by atoms with Gasteiger partial charge < -0.3 is 5.01 Å². The average Bonchev–Trinajstić information content (AvgIpc) is 2.11. The third-order valence-electron chi connectivity index (χ3n) is 1.89. The third-order valence-corrected chi connectivity index (χ3v) is 1.89. The topological polar surface area (TPSA) is 80.5 Å². The van der Waals surface area contributed by atoms with Gasteiger partial charge in [0.15, 0.2) is 5.78 Å². The fourth-order valence-electron chi connectivity index (χ4n) is 1.23. The van der Waals surface area contributed by atoms with E-state index >= 15 is 0 Å². The van der Waals surface area contributed by atoms with Gasteiger partial charge in [0.05, 0.1) is 6.42 Å². The summed E-state index contributed by atoms with van der Waals surface area (Å²) in [5, 5.41) is 1.15. The minimum absolute atomic E-state index is 0.00750. The van der Waals surface area contributed by atoms with Crippen molar-refractivity contribution in [1.82, 2.24) is 5.01 Å². The number of Topliss-reactive ketones (excluding diaryl/α,β-unsaturated/α-hetero) is 2. The van der Waals surface area contributed by atoms with E-state index in [1.807, 2.05) is 6.92 Å². The molecular formula is C9H12N2O3. The van der Waals surface area contributed by atoms with Crippen molar-refractivity contribution in [3.05, 3.63) is 11.8 Å². The molecule has 14 heavy (non-hydrogen) atoms. The van der Waals surface area contributed by atoms with E-state index in [9.17, 15) is 14.4 Å². The van der Waals surface area contributed by atoms with Gasteiger partial charge >= 0.3 is 0 Å². The summed E-state index contributed by atoms with van der Waals surface area (Å²) in [6.07, 6.45) is 1.55. The maximum atomic E-state index is 11.3. The number of hydrogen-bond acceptors (Lipinski definition) is 5. The minimum atomic E-state index is -0.681. The molecule has 1 aliphatic carbocycles. The van der Waals surface area contributed by atoms with Gasteiger partial charge in [-0.05, 0) is 6.42 Å². The molecule has 0 bridgehead atoms. The molecule has 1 aliphatic rings. The number of rotatable bonds is 3. The highest BCUT2D eigenvalue weighted by Crippen LogP contribution is 2.10. The van der Waals surface area contributed by atoms with E-state index in [-0.39, 0.29) is 17.9 Å². The number of allylic oxidation sites excluding steroid dienone is 2. The van der Waals surface area contributed by atoms with Gasteiger partial charge in [0, 0.05) is 12.6 Å². The Morgan fingerprint density at radius 1 is 1.43 bits per heavy atom. The Bertz CT molecular complexity index is 320. The van der Waals surface area contributed by atoms with Crippen molar-refractivity contribution in [2.75, 3.05) is 6.54 Å². The lowest BCUT2D eigenvalue weighted by Crippen LogP contribution is -2.40. The van der Waals surface area contributed by atoms with Gasteiger partial charge in [-0.25, -0.2) is 5.84 Å². The summed E-state index contributed by atoms with van der Waals surface area (Å²) in [4.78, 5) is 33.3. The van der Waals surface area contributed by atoms with Crippen molar-refractivity contribution < 1.29 is 14.4 Å². The molecule has 0 saturated heterocycles. The van der Waals surface area contributed by atoms with Crippen LogP contribution < -0.4 is 5.84 Å². The van der Waals surface area contributed by atoms with Gasteiger partial charge in [-0.2, -0.15) is 0 Å². The quantitative estimate of drug-likeness (QED) is 0.286. The van der Waals surface area contributed by atoms with Crippen molar-refractivity contribution in [2.24, 2.45) is 5.84 Å². The Morgan fingerprint density at radius 3 is 2.64 bits per heavy atom. The highest BCUT2D eigenvalue weighted by molar-refractivity contribution is 6.48. The van der Waals surface area contributed by atoms with Crippen molar-refractivity contribution in [3.8, 4) is 0 Å². The number of nitrogens with zero attached hydrogens (tertiary/aromatic N) is 1. The standard InChI is InChI=1S/C9H12N2O3/c1-2-3-11(10)7-4-6(12)5-8(13)9(7)14/h4H,2-3,5,10H2,1H3. The van der Waals surface area contributed by atoms with E-state index in [0.29, 0.717) is 6.54 Å². The van der Waals surface area contributed by atoms with E-state index < -0.39 is 11.6 Å². The molecule has 0 unspecified atom stereocenters. The molecule has 0 aromatic heterocycles. The van der Waals surface area contributed by atoms with Gasteiger partial charge in [0.2, 0.25) is 11.6 Å². The van der Waals surface area contributed by atoms with E-state index in [2.05, 4.69) is 0 Å². The molecule has 0 heterocycles. The lowest BCUT2D eigenvalue weighted by atomic mass is 10.0. The van der Waals surface area contributed by atoms with Gasteiger partial charge in [-0.3, -0.25) is 14.4 Å². The molecule has 0 spiro atoms. The van der Waals surface area contributed by atoms with Crippen LogP contribution in [0, 0.1) is 0 Å². The van der Waals surface area contributed by atoms with Gasteiger partial charge in [-0.15, -0.1) is 0 Å². The molecule has 0 aliphatic heterocycles. The van der Waals surface area contributed by atoms with Crippen LogP contribution in [-0.4, -0.2) is 28.9 Å². The Kier molecular flexibility index (Phi) is 3.14. The zero-order valence-electron chi connectivity index (χ0n) is 7.95. The van der Waals surface area contributed by atoms with Crippen LogP contribution in [0.5, 0.6) is 0 Å². The number of carbonyl (C=O) groups is 3. The first-order valence-corrected chi connectivity index (χ1v) is 4.40. The molecule has 0 amide bonds. The Labute approximate surface area is 81.5 Å². The van der Waals surface area contributed by atoms with Crippen molar-refractivity contribution >= 4 is 17.3 Å². The van der Waals surface area contributed by atoms with Crippen molar-refractivity contribution in [1.29, 1.82) is 0 Å². The molecule has 76 valence electrons. The number of ketones is 3. The summed E-state index contributed by atoms with van der Waals surface area (Å²) in [6.45, 7) is 2.33. The second-order valence-electron chi connectivity index (χ2n) is 3.12. The molecule has 0 fully saturated rings. The molecule has 5 heteroatoms. The van der Waals surface area contributed by atoms with Crippen LogP contribution in [0.25, 0.3) is 0 Å². The van der Waals surface area contributed by atoms with Crippen molar-refractivity contribution in [3.63, 3.8) is 0 Å². The second-order valence-corrected chi connectivity index (χ2v) is 3.12. The lowest BCUT2D eigenvalue weighted by molar-refractivity contribution is -0.138. The number of nitrogens with two attached hydrogens (primary N) is 1. The number of hydrazine groups is 1. The highest BCUT2D eigenvalue weighted by atomic mass is 16.2. The van der Waals surface area contributed by atoms with E-state index in [4.69, 9.17) is 5.84 Å². The van der Waals surface area contributed by atoms with Crippen LogP contribution in [-0.2, 0) is 14.4 Å². The first-order chi connectivity index (χ1) is 6.56. The van der Waals surface area contributed by atoms with Crippen LogP contribution in [0.1, 0.15) is 19.8 Å². The van der Waals surface area contributed by atoms with Crippen LogP contribution in [0.3, 0.4) is 0 Å². The first-order valence-electron chi connectivity index (χ1n) is 4.40. The summed E-state index contributed by atoms with van der Waals surface area (Å²) in [5.74, 6) is 3.80. The summed E-state index contributed by atoms with van der Waals surface area (Å²) in [5.41, 5.74) is 0.00750. The molecule has 0 aromatic rings. The lowest BCUT2D eigenvalue weighted by Gasteiger charge is -2.21. The summed E-state index contributed by atoms with van der Waals surface area (Å²) in [6, 6.07) is 0. The zero-order valence-corrected chi connectivity index (χ0v) is 7.95. The molecule has 0 saturated carbocycles. The Balaban J connectivity index is 2.89. The summed E-state index contributed by atoms with van der Waals surface area (Å²) >= 11 is 0. The van der Waals surface area contributed by atoms with Crippen LogP contribution >= 0.6 is 0 Å². The third kappa shape index (κ3) is 2.05. The van der Waals surface area contributed by atoms with E-state index in [0.717, 1.165) is 17.5 Å². The molecular weight excluding hydrogens is 184 g/mol. The predicted octanol–water partition coefficient (Wildman–Crippen LogP) is -0.433. The molecule has 0 aromatic carbocycles. The fraction of sp³-hybridized carbons (Fsp3) is 0.444. The van der Waals surface area contributed by atoms with Crippen LogP contribution in [0.2, 0.25) is 0 Å². The zero-order chi connectivity index (χ0) is 10.7. The smallest absolute Gasteiger partial charge is 0.246 e. The van der Waals surface area contributed by atoms with Gasteiger partial charge in [-0.1, -0.05) is 6.92 Å². The Morgan fingerprint density at radius 2 is 2.07 bits per heavy atom. The Hall–Kier alpha value is -1.49. The minimum Gasteiger partial charge on any atom is -0.307 e. The normalized spacial score (nSPS) is 17.0.